The van der Waals surface area contributed by atoms with Gasteiger partial charge in [0.25, 0.3) is 0 Å². The van der Waals surface area contributed by atoms with Gasteiger partial charge in [-0.2, -0.15) is 0 Å². The van der Waals surface area contributed by atoms with Gasteiger partial charge in [-0.3, -0.25) is 10.1 Å². The van der Waals surface area contributed by atoms with Gasteiger partial charge in [-0.25, -0.2) is 0 Å². The Bertz CT molecular complexity index is 562. The lowest BCUT2D eigenvalue weighted by Crippen LogP contribution is -2.51. The van der Waals surface area contributed by atoms with E-state index in [1.807, 2.05) is 6.07 Å². The Hall–Kier alpha value is -2.08. The third kappa shape index (κ3) is 1.83. The average molecular weight is 236 g/mol. The molecule has 0 aliphatic heterocycles. The van der Waals surface area contributed by atoms with E-state index in [1.165, 1.54) is 7.11 Å². The number of ether oxygens (including phenoxy) is 1. The fraction of sp³-hybridized carbons (Fsp3) is 0.273. The first kappa shape index (κ1) is 11.4. The smallest absolute Gasteiger partial charge is 0.334 e. The van der Waals surface area contributed by atoms with Crippen LogP contribution in [0.25, 0.3) is 10.9 Å². The van der Waals surface area contributed by atoms with Crippen molar-refractivity contribution in [3.05, 3.63) is 34.0 Å². The lowest BCUT2D eigenvalue weighted by molar-refractivity contribution is -0.384. The largest absolute Gasteiger partial charge is 0.490 e. The Morgan fingerprint density at radius 1 is 1.53 bits per heavy atom. The van der Waals surface area contributed by atoms with Gasteiger partial charge in [0.15, 0.2) is 5.75 Å². The van der Waals surface area contributed by atoms with Gasteiger partial charge in [-0.05, 0) is 17.7 Å². The number of H-pyrrole nitrogens is 1. The van der Waals surface area contributed by atoms with Crippen molar-refractivity contribution in [2.45, 2.75) is 6.42 Å². The zero-order chi connectivity index (χ0) is 12.4. The van der Waals surface area contributed by atoms with E-state index in [2.05, 4.69) is 10.7 Å². The molecule has 0 radical (unpaired) electrons. The van der Waals surface area contributed by atoms with Crippen LogP contribution in [0.1, 0.15) is 5.56 Å². The highest BCUT2D eigenvalue weighted by molar-refractivity contribution is 5.93. The highest BCUT2D eigenvalue weighted by atomic mass is 16.6. The van der Waals surface area contributed by atoms with Gasteiger partial charge in [0, 0.05) is 18.0 Å². The van der Waals surface area contributed by atoms with Crippen LogP contribution >= 0.6 is 0 Å². The Labute approximate surface area is 97.5 Å². The quantitative estimate of drug-likeness (QED) is 0.609. The van der Waals surface area contributed by atoms with Gasteiger partial charge in [-0.15, -0.1) is 0 Å². The van der Waals surface area contributed by atoms with Gasteiger partial charge >= 0.3 is 5.69 Å². The molecule has 0 fully saturated rings. The van der Waals surface area contributed by atoms with Crippen LogP contribution in [0.2, 0.25) is 0 Å². The summed E-state index contributed by atoms with van der Waals surface area (Å²) in [4.78, 5) is 13.6. The molecule has 1 aromatic carbocycles. The summed E-state index contributed by atoms with van der Waals surface area (Å²) >= 11 is 0. The lowest BCUT2D eigenvalue weighted by Gasteiger charge is -2.02. The second-order valence-corrected chi connectivity index (χ2v) is 3.71. The van der Waals surface area contributed by atoms with E-state index in [1.54, 1.807) is 12.3 Å². The molecule has 17 heavy (non-hydrogen) atoms. The van der Waals surface area contributed by atoms with Gasteiger partial charge in [0.2, 0.25) is 0 Å². The summed E-state index contributed by atoms with van der Waals surface area (Å²) in [7, 11) is 1.42. The summed E-state index contributed by atoms with van der Waals surface area (Å²) < 4.78 is 5.01. The molecule has 1 heterocycles. The molecule has 0 amide bonds. The van der Waals surface area contributed by atoms with Crippen LogP contribution in [-0.4, -0.2) is 23.6 Å². The van der Waals surface area contributed by atoms with Crippen LogP contribution in [0.3, 0.4) is 0 Å². The fourth-order valence-electron chi connectivity index (χ4n) is 1.97. The number of nitrogens with zero attached hydrogens (tertiary/aromatic N) is 1. The van der Waals surface area contributed by atoms with E-state index >= 15 is 0 Å². The molecule has 6 nitrogen and oxygen atoms in total. The molecule has 0 saturated heterocycles. The maximum absolute atomic E-state index is 11.1. The highest BCUT2D eigenvalue weighted by Gasteiger charge is 2.21. The Morgan fingerprint density at radius 2 is 2.29 bits per heavy atom. The molecule has 0 aliphatic carbocycles. The van der Waals surface area contributed by atoms with Gasteiger partial charge in [-0.1, -0.05) is 0 Å². The summed E-state index contributed by atoms with van der Waals surface area (Å²) in [6.07, 6.45) is 2.59. The number of rotatable bonds is 4. The molecule has 4 N–H and O–H groups in total. The molecule has 2 aromatic rings. The van der Waals surface area contributed by atoms with Crippen molar-refractivity contribution in [1.29, 1.82) is 0 Å². The summed E-state index contributed by atoms with van der Waals surface area (Å²) in [6, 6.07) is 3.46. The topological polar surface area (TPSA) is 95.8 Å². The number of nitro benzene ring substituents is 1. The Balaban J connectivity index is 2.69. The predicted molar refractivity (Wildman–Crippen MR) is 63.0 cm³/mol. The zero-order valence-corrected chi connectivity index (χ0v) is 9.53. The lowest BCUT2D eigenvalue weighted by atomic mass is 10.1. The summed E-state index contributed by atoms with van der Waals surface area (Å²) in [5.41, 5.74) is 5.33. The van der Waals surface area contributed by atoms with E-state index in [-0.39, 0.29) is 11.4 Å². The summed E-state index contributed by atoms with van der Waals surface area (Å²) in [5.74, 6) is 0.269. The van der Waals surface area contributed by atoms with Crippen LogP contribution < -0.4 is 10.5 Å². The first-order valence-corrected chi connectivity index (χ1v) is 5.29. The number of benzene rings is 1. The van der Waals surface area contributed by atoms with Crippen molar-refractivity contribution in [3.8, 4) is 5.75 Å². The molecule has 1 aromatic heterocycles. The maximum atomic E-state index is 11.1. The number of hydrogen-bond acceptors (Lipinski definition) is 3. The molecule has 6 heteroatoms. The summed E-state index contributed by atoms with van der Waals surface area (Å²) in [6.45, 7) is 0.757. The molecule has 2 rings (SSSR count). The zero-order valence-electron chi connectivity index (χ0n) is 9.53. The van der Waals surface area contributed by atoms with Gasteiger partial charge in [0.05, 0.1) is 18.6 Å². The van der Waals surface area contributed by atoms with Crippen molar-refractivity contribution in [1.82, 2.24) is 4.98 Å². The first-order chi connectivity index (χ1) is 8.19. The molecule has 0 bridgehead atoms. The number of nitrogens with one attached hydrogen (secondary N) is 1. The maximum Gasteiger partial charge on any atom is 0.334 e. The molecule has 0 unspecified atom stereocenters. The van der Waals surface area contributed by atoms with Crippen LogP contribution in [0.4, 0.5) is 5.69 Å². The molecular formula is C11H14N3O3+. The van der Waals surface area contributed by atoms with E-state index < -0.39 is 4.92 Å². The number of fused-ring (bicyclic) bond motifs is 1. The first-order valence-electron chi connectivity index (χ1n) is 5.29. The summed E-state index contributed by atoms with van der Waals surface area (Å²) in [5, 5.41) is 11.9. The predicted octanol–water partition coefficient (Wildman–Crippen LogP) is 0.869. The van der Waals surface area contributed by atoms with E-state index in [4.69, 9.17) is 4.74 Å². The van der Waals surface area contributed by atoms with Crippen LogP contribution in [0, 0.1) is 10.1 Å². The van der Waals surface area contributed by atoms with Crippen molar-refractivity contribution in [3.63, 3.8) is 0 Å². The molecule has 0 aliphatic rings. The van der Waals surface area contributed by atoms with E-state index in [0.717, 1.165) is 23.9 Å². The minimum Gasteiger partial charge on any atom is -0.490 e. The van der Waals surface area contributed by atoms with Crippen molar-refractivity contribution in [2.24, 2.45) is 0 Å². The number of aromatic nitrogens is 1. The molecular weight excluding hydrogens is 222 g/mol. The number of nitro groups is 1. The van der Waals surface area contributed by atoms with Crippen molar-refractivity contribution in [2.75, 3.05) is 13.7 Å². The SMILES string of the molecule is COc1ccc2c(CC[NH3+])c[nH]c2c1[N+](=O)[O-]. The second kappa shape index (κ2) is 4.42. The van der Waals surface area contributed by atoms with Crippen LogP contribution in [0.5, 0.6) is 5.75 Å². The molecule has 0 saturated carbocycles. The number of hydrogen-bond donors (Lipinski definition) is 2. The minimum absolute atomic E-state index is 0.0136. The van der Waals surface area contributed by atoms with Crippen LogP contribution in [-0.2, 0) is 6.42 Å². The second-order valence-electron chi connectivity index (χ2n) is 3.71. The Kier molecular flexibility index (Phi) is 2.97. The molecule has 90 valence electrons. The monoisotopic (exact) mass is 236 g/mol. The number of quaternary nitrogens is 1. The Morgan fingerprint density at radius 3 is 2.88 bits per heavy atom. The third-order valence-corrected chi connectivity index (χ3v) is 2.73. The molecule has 0 atom stereocenters. The average Bonchev–Trinajstić information content (AvgIpc) is 2.71. The standard InChI is InChI=1S/C11H13N3O3/c1-17-9-3-2-8-7(4-5-12)6-13-10(8)11(9)14(15)16/h2-3,6,13H,4-5,12H2,1H3/p+1. The van der Waals surface area contributed by atoms with Crippen molar-refractivity contribution >= 4 is 16.6 Å². The van der Waals surface area contributed by atoms with Crippen LogP contribution in [0.15, 0.2) is 18.3 Å². The normalized spacial score (nSPS) is 10.7. The van der Waals surface area contributed by atoms with Gasteiger partial charge in [0.1, 0.15) is 5.52 Å². The van der Waals surface area contributed by atoms with E-state index in [0.29, 0.717) is 5.52 Å². The van der Waals surface area contributed by atoms with Gasteiger partial charge < -0.3 is 15.5 Å². The number of methoxy groups -OCH3 is 1. The third-order valence-electron chi connectivity index (χ3n) is 2.73. The number of aromatic amines is 1. The van der Waals surface area contributed by atoms with E-state index in [9.17, 15) is 10.1 Å². The highest BCUT2D eigenvalue weighted by Crippen LogP contribution is 2.35. The fourth-order valence-corrected chi connectivity index (χ4v) is 1.97. The van der Waals surface area contributed by atoms with Crippen molar-refractivity contribution < 1.29 is 15.4 Å². The molecule has 0 spiro atoms. The minimum atomic E-state index is -0.425.